The molecule has 5 nitrogen and oxygen atoms in total. The third-order valence-corrected chi connectivity index (χ3v) is 4.23. The van der Waals surface area contributed by atoms with Gasteiger partial charge in [0.1, 0.15) is 16.2 Å². The quantitative estimate of drug-likeness (QED) is 0.799. The SMILES string of the molecule is O=C(O)c1cc2ccccc2c(Sc2nncs2)n1. The molecule has 2 heterocycles. The van der Waals surface area contributed by atoms with Crippen LogP contribution in [0.2, 0.25) is 0 Å². The number of carboxylic acid groups (broad SMARTS) is 1. The Morgan fingerprint density at radius 1 is 1.32 bits per heavy atom. The Bertz CT molecular complexity index is 744. The lowest BCUT2D eigenvalue weighted by atomic mass is 10.1. The molecule has 0 atom stereocenters. The van der Waals surface area contributed by atoms with Crippen LogP contribution in [-0.2, 0) is 0 Å². The lowest BCUT2D eigenvalue weighted by Gasteiger charge is -2.05. The summed E-state index contributed by atoms with van der Waals surface area (Å²) in [6.07, 6.45) is 0. The van der Waals surface area contributed by atoms with Crippen LogP contribution in [0.4, 0.5) is 0 Å². The number of fused-ring (bicyclic) bond motifs is 1. The Kier molecular flexibility index (Phi) is 3.14. The Balaban J connectivity index is 2.17. The zero-order chi connectivity index (χ0) is 13.2. The molecule has 2 aromatic heterocycles. The summed E-state index contributed by atoms with van der Waals surface area (Å²) in [5.74, 6) is -1.04. The molecule has 0 saturated carbocycles. The Labute approximate surface area is 116 Å². The summed E-state index contributed by atoms with van der Waals surface area (Å²) in [5.41, 5.74) is 1.66. The van der Waals surface area contributed by atoms with Crippen LogP contribution in [0.3, 0.4) is 0 Å². The van der Waals surface area contributed by atoms with Crippen LogP contribution >= 0.6 is 23.1 Å². The number of hydrogen-bond acceptors (Lipinski definition) is 6. The van der Waals surface area contributed by atoms with Crippen LogP contribution in [-0.4, -0.2) is 26.3 Å². The van der Waals surface area contributed by atoms with Crippen LogP contribution in [0.5, 0.6) is 0 Å². The van der Waals surface area contributed by atoms with E-state index in [2.05, 4.69) is 15.2 Å². The highest BCUT2D eigenvalue weighted by Gasteiger charge is 2.12. The molecule has 0 fully saturated rings. The summed E-state index contributed by atoms with van der Waals surface area (Å²) in [6, 6.07) is 9.12. The zero-order valence-corrected chi connectivity index (χ0v) is 11.1. The minimum atomic E-state index is -1.04. The maximum Gasteiger partial charge on any atom is 0.354 e. The third kappa shape index (κ3) is 2.42. The first-order valence-corrected chi connectivity index (χ1v) is 7.01. The van der Waals surface area contributed by atoms with E-state index < -0.39 is 5.97 Å². The number of aromatic carboxylic acids is 1. The van der Waals surface area contributed by atoms with Gasteiger partial charge in [0, 0.05) is 5.39 Å². The fourth-order valence-corrected chi connectivity index (χ4v) is 3.17. The van der Waals surface area contributed by atoms with Gasteiger partial charge in [0.15, 0.2) is 4.34 Å². The predicted molar refractivity (Wildman–Crippen MR) is 72.7 cm³/mol. The van der Waals surface area contributed by atoms with Gasteiger partial charge in [0.25, 0.3) is 0 Å². The fourth-order valence-electron chi connectivity index (χ4n) is 1.64. The molecule has 0 saturated heterocycles. The second-order valence-corrected chi connectivity index (χ2v) is 5.71. The van der Waals surface area contributed by atoms with Crippen molar-refractivity contribution < 1.29 is 9.90 Å². The highest BCUT2D eigenvalue weighted by atomic mass is 32.2. The highest BCUT2D eigenvalue weighted by Crippen LogP contribution is 2.32. The zero-order valence-electron chi connectivity index (χ0n) is 9.48. The molecule has 0 bridgehead atoms. The average Bonchev–Trinajstić information content (AvgIpc) is 2.91. The molecular formula is C12H7N3O2S2. The van der Waals surface area contributed by atoms with E-state index in [0.717, 1.165) is 15.1 Å². The van der Waals surface area contributed by atoms with Gasteiger partial charge in [0.05, 0.1) is 0 Å². The van der Waals surface area contributed by atoms with Gasteiger partial charge in [-0.1, -0.05) is 35.6 Å². The number of nitrogens with zero attached hydrogens (tertiary/aromatic N) is 3. The van der Waals surface area contributed by atoms with Crippen molar-refractivity contribution in [1.29, 1.82) is 0 Å². The standard InChI is InChI=1S/C12H7N3O2S2/c16-11(17)9-5-7-3-1-2-4-8(7)10(14-9)19-12-15-13-6-18-12/h1-6H,(H,16,17). The predicted octanol–water partition coefficient (Wildman–Crippen LogP) is 2.94. The summed E-state index contributed by atoms with van der Waals surface area (Å²) in [5, 5.41) is 19.2. The maximum absolute atomic E-state index is 11.1. The summed E-state index contributed by atoms with van der Waals surface area (Å²) in [6.45, 7) is 0. The van der Waals surface area contributed by atoms with Crippen LogP contribution in [0.25, 0.3) is 10.8 Å². The minimum absolute atomic E-state index is 0.0331. The largest absolute Gasteiger partial charge is 0.477 e. The first-order valence-electron chi connectivity index (χ1n) is 5.31. The number of hydrogen-bond donors (Lipinski definition) is 1. The van der Waals surface area contributed by atoms with Gasteiger partial charge >= 0.3 is 5.97 Å². The number of pyridine rings is 1. The molecule has 3 rings (SSSR count). The van der Waals surface area contributed by atoms with Gasteiger partial charge in [-0.25, -0.2) is 9.78 Å². The van der Waals surface area contributed by atoms with Crippen LogP contribution in [0.15, 0.2) is 45.2 Å². The lowest BCUT2D eigenvalue weighted by Crippen LogP contribution is -2.01. The minimum Gasteiger partial charge on any atom is -0.477 e. The van der Waals surface area contributed by atoms with E-state index in [-0.39, 0.29) is 5.69 Å². The second-order valence-electron chi connectivity index (χ2n) is 3.65. The molecule has 0 aliphatic rings. The van der Waals surface area contributed by atoms with Gasteiger partial charge in [-0.15, -0.1) is 10.2 Å². The molecule has 0 unspecified atom stereocenters. The van der Waals surface area contributed by atoms with Crippen molar-refractivity contribution in [3.8, 4) is 0 Å². The molecular weight excluding hydrogens is 282 g/mol. The summed E-state index contributed by atoms with van der Waals surface area (Å²) >= 11 is 2.72. The molecule has 19 heavy (non-hydrogen) atoms. The van der Waals surface area contributed by atoms with E-state index in [1.54, 1.807) is 11.6 Å². The second kappa shape index (κ2) is 4.94. The van der Waals surface area contributed by atoms with E-state index in [1.807, 2.05) is 24.3 Å². The van der Waals surface area contributed by atoms with Gasteiger partial charge in [-0.05, 0) is 23.2 Å². The molecule has 0 aliphatic carbocycles. The van der Waals surface area contributed by atoms with Crippen LogP contribution in [0.1, 0.15) is 10.5 Å². The van der Waals surface area contributed by atoms with Crippen molar-refractivity contribution in [3.05, 3.63) is 41.5 Å². The number of carboxylic acids is 1. The molecule has 0 aliphatic heterocycles. The van der Waals surface area contributed by atoms with Crippen molar-refractivity contribution >= 4 is 39.8 Å². The summed E-state index contributed by atoms with van der Waals surface area (Å²) in [4.78, 5) is 15.3. The topological polar surface area (TPSA) is 76.0 Å². The van der Waals surface area contributed by atoms with E-state index in [0.29, 0.717) is 5.03 Å². The first-order chi connectivity index (χ1) is 9.24. The van der Waals surface area contributed by atoms with E-state index in [9.17, 15) is 4.79 Å². The van der Waals surface area contributed by atoms with E-state index >= 15 is 0 Å². The Hall–Kier alpha value is -1.99. The highest BCUT2D eigenvalue weighted by molar-refractivity contribution is 8.01. The third-order valence-electron chi connectivity index (χ3n) is 2.45. The fraction of sp³-hybridized carbons (Fsp3) is 0. The van der Waals surface area contributed by atoms with Gasteiger partial charge in [0.2, 0.25) is 0 Å². The van der Waals surface area contributed by atoms with Crippen molar-refractivity contribution in [2.75, 3.05) is 0 Å². The Morgan fingerprint density at radius 2 is 2.16 bits per heavy atom. The van der Waals surface area contributed by atoms with Crippen LogP contribution in [0, 0.1) is 0 Å². The molecule has 0 spiro atoms. The van der Waals surface area contributed by atoms with E-state index in [1.165, 1.54) is 23.1 Å². The number of carbonyl (C=O) groups is 1. The number of rotatable bonds is 3. The first kappa shape index (κ1) is 12.1. The monoisotopic (exact) mass is 289 g/mol. The molecule has 3 aromatic rings. The smallest absolute Gasteiger partial charge is 0.354 e. The van der Waals surface area contributed by atoms with Crippen molar-refractivity contribution in [2.45, 2.75) is 9.37 Å². The molecule has 94 valence electrons. The summed E-state index contributed by atoms with van der Waals surface area (Å²) < 4.78 is 0.736. The van der Waals surface area contributed by atoms with Gasteiger partial charge in [-0.2, -0.15) is 0 Å². The maximum atomic E-state index is 11.1. The van der Waals surface area contributed by atoms with Gasteiger partial charge < -0.3 is 5.11 Å². The van der Waals surface area contributed by atoms with Crippen molar-refractivity contribution in [2.24, 2.45) is 0 Å². The molecule has 7 heteroatoms. The van der Waals surface area contributed by atoms with E-state index in [4.69, 9.17) is 5.11 Å². The normalized spacial score (nSPS) is 10.7. The average molecular weight is 289 g/mol. The Morgan fingerprint density at radius 3 is 2.89 bits per heavy atom. The summed E-state index contributed by atoms with van der Waals surface area (Å²) in [7, 11) is 0. The molecule has 1 N–H and O–H groups in total. The lowest BCUT2D eigenvalue weighted by molar-refractivity contribution is 0.0690. The van der Waals surface area contributed by atoms with Crippen molar-refractivity contribution in [1.82, 2.24) is 15.2 Å². The molecule has 0 amide bonds. The van der Waals surface area contributed by atoms with Gasteiger partial charge in [-0.3, -0.25) is 0 Å². The molecule has 0 radical (unpaired) electrons. The molecule has 1 aromatic carbocycles. The van der Waals surface area contributed by atoms with Crippen molar-refractivity contribution in [3.63, 3.8) is 0 Å². The number of benzene rings is 1. The number of aromatic nitrogens is 3. The van der Waals surface area contributed by atoms with Crippen LogP contribution < -0.4 is 0 Å².